The highest BCUT2D eigenvalue weighted by molar-refractivity contribution is 7.98. The fraction of sp³-hybridized carbons (Fsp3) is 0.350. The van der Waals surface area contributed by atoms with E-state index in [9.17, 15) is 9.18 Å². The second-order valence-electron chi connectivity index (χ2n) is 6.82. The van der Waals surface area contributed by atoms with Gasteiger partial charge in [0.1, 0.15) is 5.82 Å². The van der Waals surface area contributed by atoms with Crippen LogP contribution in [0.15, 0.2) is 46.9 Å². The van der Waals surface area contributed by atoms with E-state index in [2.05, 4.69) is 29.4 Å². The molecule has 3 rings (SSSR count). The van der Waals surface area contributed by atoms with Gasteiger partial charge >= 0.3 is 0 Å². The summed E-state index contributed by atoms with van der Waals surface area (Å²) < 4.78 is 15.9. The molecule has 0 saturated heterocycles. The van der Waals surface area contributed by atoms with E-state index in [-0.39, 0.29) is 11.7 Å². The fourth-order valence-corrected chi connectivity index (χ4v) is 4.33. The van der Waals surface area contributed by atoms with Gasteiger partial charge in [0.25, 0.3) is 0 Å². The lowest BCUT2D eigenvalue weighted by atomic mass is 10.2. The number of hydrogen-bond acceptors (Lipinski definition) is 5. The van der Waals surface area contributed by atoms with Gasteiger partial charge in [-0.2, -0.15) is 0 Å². The van der Waals surface area contributed by atoms with Crippen molar-refractivity contribution in [3.8, 4) is 0 Å². The zero-order valence-electron chi connectivity index (χ0n) is 15.9. The summed E-state index contributed by atoms with van der Waals surface area (Å²) in [5, 5.41) is 14.1. The van der Waals surface area contributed by atoms with E-state index in [0.29, 0.717) is 36.0 Å². The molecule has 0 fully saturated rings. The van der Waals surface area contributed by atoms with Crippen molar-refractivity contribution < 1.29 is 9.18 Å². The first-order chi connectivity index (χ1) is 13.5. The molecule has 3 aromatic rings. The number of carbonyl (C=O) groups is 1. The molecule has 0 bridgehead atoms. The van der Waals surface area contributed by atoms with Gasteiger partial charge in [-0.3, -0.25) is 4.79 Å². The molecule has 28 heavy (non-hydrogen) atoms. The second kappa shape index (κ2) is 9.84. The predicted molar refractivity (Wildman–Crippen MR) is 111 cm³/mol. The van der Waals surface area contributed by atoms with Crippen molar-refractivity contribution in [2.45, 2.75) is 44.3 Å². The van der Waals surface area contributed by atoms with Crippen molar-refractivity contribution in [1.29, 1.82) is 0 Å². The van der Waals surface area contributed by atoms with E-state index in [4.69, 9.17) is 0 Å². The van der Waals surface area contributed by atoms with Crippen LogP contribution in [0.4, 0.5) is 4.39 Å². The number of nitrogens with one attached hydrogen (secondary N) is 1. The Labute approximate surface area is 172 Å². The number of thiophene rings is 1. The van der Waals surface area contributed by atoms with E-state index in [1.165, 1.54) is 17.8 Å². The molecule has 0 radical (unpaired) electrons. The molecule has 5 nitrogen and oxygen atoms in total. The Morgan fingerprint density at radius 3 is 2.79 bits per heavy atom. The third-order valence-electron chi connectivity index (χ3n) is 4.01. The molecule has 0 spiro atoms. The van der Waals surface area contributed by atoms with Crippen LogP contribution in [0.5, 0.6) is 0 Å². The van der Waals surface area contributed by atoms with Crippen molar-refractivity contribution >= 4 is 29.0 Å². The van der Waals surface area contributed by atoms with Gasteiger partial charge in [-0.25, -0.2) is 4.39 Å². The van der Waals surface area contributed by atoms with E-state index in [1.54, 1.807) is 23.5 Å². The van der Waals surface area contributed by atoms with Gasteiger partial charge in [0.15, 0.2) is 11.0 Å². The van der Waals surface area contributed by atoms with Crippen LogP contribution in [0.25, 0.3) is 0 Å². The second-order valence-corrected chi connectivity index (χ2v) is 8.79. The highest BCUT2D eigenvalue weighted by atomic mass is 32.2. The molecule has 2 aromatic heterocycles. The molecule has 0 saturated carbocycles. The van der Waals surface area contributed by atoms with Crippen molar-refractivity contribution in [3.05, 3.63) is 63.9 Å². The topological polar surface area (TPSA) is 59.8 Å². The first-order valence-corrected chi connectivity index (χ1v) is 11.0. The number of amides is 1. The van der Waals surface area contributed by atoms with Gasteiger partial charge in [-0.05, 0) is 29.0 Å². The van der Waals surface area contributed by atoms with Gasteiger partial charge < -0.3 is 9.88 Å². The van der Waals surface area contributed by atoms with Gasteiger partial charge in [-0.1, -0.05) is 49.9 Å². The van der Waals surface area contributed by atoms with Crippen LogP contribution in [0.2, 0.25) is 0 Å². The summed E-state index contributed by atoms with van der Waals surface area (Å²) in [5.74, 6) is 1.33. The smallest absolute Gasteiger partial charge is 0.225 e. The van der Waals surface area contributed by atoms with Crippen LogP contribution in [0, 0.1) is 11.7 Å². The third kappa shape index (κ3) is 5.65. The first-order valence-electron chi connectivity index (χ1n) is 9.10. The molecule has 0 atom stereocenters. The minimum Gasteiger partial charge on any atom is -0.348 e. The minimum atomic E-state index is -0.217. The third-order valence-corrected chi connectivity index (χ3v) is 5.91. The number of aromatic nitrogens is 3. The number of thioether (sulfide) groups is 1. The van der Waals surface area contributed by atoms with Crippen LogP contribution in [0.3, 0.4) is 0 Å². The molecular formula is C20H23FN4OS2. The summed E-state index contributed by atoms with van der Waals surface area (Å²) in [7, 11) is 0. The summed E-state index contributed by atoms with van der Waals surface area (Å²) >= 11 is 3.02. The van der Waals surface area contributed by atoms with Crippen molar-refractivity contribution in [2.75, 3.05) is 0 Å². The van der Waals surface area contributed by atoms with E-state index in [0.717, 1.165) is 16.6 Å². The van der Waals surface area contributed by atoms with Crippen molar-refractivity contribution in [3.63, 3.8) is 0 Å². The Hall–Kier alpha value is -2.19. The largest absolute Gasteiger partial charge is 0.348 e. The lowest BCUT2D eigenvalue weighted by Gasteiger charge is -2.13. The van der Waals surface area contributed by atoms with Gasteiger partial charge in [0, 0.05) is 17.2 Å². The molecule has 0 aliphatic rings. The Balaban J connectivity index is 1.65. The highest BCUT2D eigenvalue weighted by Gasteiger charge is 2.15. The maximum Gasteiger partial charge on any atom is 0.225 e. The maximum atomic E-state index is 13.9. The predicted octanol–water partition coefficient (Wildman–Crippen LogP) is 4.29. The quantitative estimate of drug-likeness (QED) is 0.527. The average molecular weight is 419 g/mol. The van der Waals surface area contributed by atoms with E-state index < -0.39 is 0 Å². The van der Waals surface area contributed by atoms with Crippen molar-refractivity contribution in [1.82, 2.24) is 20.1 Å². The zero-order valence-corrected chi connectivity index (χ0v) is 17.5. The average Bonchev–Trinajstić information content (AvgIpc) is 3.29. The Morgan fingerprint density at radius 1 is 1.25 bits per heavy atom. The minimum absolute atomic E-state index is 0.0397. The van der Waals surface area contributed by atoms with Gasteiger partial charge in [-0.15, -0.1) is 21.5 Å². The molecule has 8 heteroatoms. The van der Waals surface area contributed by atoms with E-state index in [1.807, 2.05) is 28.1 Å². The number of rotatable bonds is 9. The number of carbonyl (C=O) groups excluding carboxylic acids is 1. The Morgan fingerprint density at radius 2 is 2.07 bits per heavy atom. The summed E-state index contributed by atoms with van der Waals surface area (Å²) in [4.78, 5) is 13.2. The lowest BCUT2D eigenvalue weighted by molar-refractivity contribution is -0.120. The van der Waals surface area contributed by atoms with Crippen LogP contribution >= 0.6 is 23.1 Å². The van der Waals surface area contributed by atoms with E-state index >= 15 is 0 Å². The summed E-state index contributed by atoms with van der Waals surface area (Å²) in [6.45, 7) is 5.29. The van der Waals surface area contributed by atoms with Gasteiger partial charge in [0.05, 0.1) is 13.0 Å². The molecule has 1 N–H and O–H groups in total. The number of nitrogens with zero attached hydrogens (tertiary/aromatic N) is 3. The Bertz CT molecular complexity index is 909. The molecule has 0 aliphatic heterocycles. The SMILES string of the molecule is CC(C)Cn1c(CNC(=O)Cc2cccs2)nnc1SCc1ccccc1F. The molecule has 2 heterocycles. The normalized spacial score (nSPS) is 11.1. The molecule has 0 aliphatic carbocycles. The molecule has 1 amide bonds. The summed E-state index contributed by atoms with van der Waals surface area (Å²) in [6.07, 6.45) is 0.366. The summed E-state index contributed by atoms with van der Waals surface area (Å²) in [6, 6.07) is 10.6. The molecule has 148 valence electrons. The number of hydrogen-bond donors (Lipinski definition) is 1. The number of halogens is 1. The maximum absolute atomic E-state index is 13.9. The van der Waals surface area contributed by atoms with Crippen LogP contribution in [-0.2, 0) is 30.1 Å². The van der Waals surface area contributed by atoms with Crippen LogP contribution < -0.4 is 5.32 Å². The number of benzene rings is 1. The fourth-order valence-electron chi connectivity index (χ4n) is 2.67. The Kier molecular flexibility index (Phi) is 7.22. The molecule has 1 aromatic carbocycles. The molecule has 0 unspecified atom stereocenters. The van der Waals surface area contributed by atoms with Crippen LogP contribution in [0.1, 0.15) is 30.1 Å². The molecular weight excluding hydrogens is 395 g/mol. The lowest BCUT2D eigenvalue weighted by Crippen LogP contribution is -2.26. The zero-order chi connectivity index (χ0) is 19.9. The van der Waals surface area contributed by atoms with Gasteiger partial charge in [0.2, 0.25) is 5.91 Å². The van der Waals surface area contributed by atoms with Crippen molar-refractivity contribution in [2.24, 2.45) is 5.92 Å². The highest BCUT2D eigenvalue weighted by Crippen LogP contribution is 2.24. The standard InChI is InChI=1S/C20H23FN4OS2/c1-14(2)12-25-18(11-22-19(26)10-16-7-5-9-27-16)23-24-20(25)28-13-15-6-3-4-8-17(15)21/h3-9,14H,10-13H2,1-2H3,(H,22,26). The monoisotopic (exact) mass is 418 g/mol. The summed E-state index contributed by atoms with van der Waals surface area (Å²) in [5.41, 5.74) is 0.636. The van der Waals surface area contributed by atoms with Crippen LogP contribution in [-0.4, -0.2) is 20.7 Å². The first kappa shape index (κ1) is 20.5.